The molecule has 0 aliphatic carbocycles. The van der Waals surface area contributed by atoms with Crippen molar-refractivity contribution >= 4 is 51.9 Å². The summed E-state index contributed by atoms with van der Waals surface area (Å²) in [6.07, 6.45) is 2.42. The van der Waals surface area contributed by atoms with Crippen LogP contribution in [0.25, 0.3) is 11.0 Å². The van der Waals surface area contributed by atoms with Gasteiger partial charge in [-0.25, -0.2) is 14.8 Å². The number of anilines is 1. The highest BCUT2D eigenvalue weighted by Gasteiger charge is 2.21. The molecule has 22 heavy (non-hydrogen) atoms. The summed E-state index contributed by atoms with van der Waals surface area (Å²) in [6, 6.07) is 3.23. The van der Waals surface area contributed by atoms with Gasteiger partial charge in [-0.1, -0.05) is 11.6 Å². The highest BCUT2D eigenvalue weighted by Crippen LogP contribution is 2.30. The molecule has 8 nitrogen and oxygen atoms in total. The minimum Gasteiger partial charge on any atom is -0.476 e. The number of benzene rings is 1. The zero-order valence-electron chi connectivity index (χ0n) is 10.6. The number of halogens is 1. The minimum atomic E-state index is -1.35. The van der Waals surface area contributed by atoms with Crippen LogP contribution in [0.15, 0.2) is 24.5 Å². The predicted molar refractivity (Wildman–Crippen MR) is 79.4 cm³/mol. The van der Waals surface area contributed by atoms with Crippen molar-refractivity contribution in [3.63, 3.8) is 0 Å². The number of fused-ring (bicyclic) bond motifs is 1. The molecular weight excluding hydrogens is 330 g/mol. The molecule has 10 heteroatoms. The quantitative estimate of drug-likeness (QED) is 0.752. The number of carbonyl (C=O) groups excluding carboxylic acids is 1. The maximum atomic E-state index is 12.3. The lowest BCUT2D eigenvalue weighted by Crippen LogP contribution is -2.19. The number of amides is 1. The van der Waals surface area contributed by atoms with Gasteiger partial charge in [0.05, 0.1) is 22.4 Å². The number of carboxylic acid groups (broad SMARTS) is 1. The number of aromatic nitrogens is 4. The lowest BCUT2D eigenvalue weighted by atomic mass is 10.2. The van der Waals surface area contributed by atoms with E-state index in [2.05, 4.69) is 24.0 Å². The summed E-state index contributed by atoms with van der Waals surface area (Å²) in [5, 5.41) is 11.8. The van der Waals surface area contributed by atoms with E-state index in [1.807, 2.05) is 0 Å². The molecular formula is C12H6ClN5O3S. The van der Waals surface area contributed by atoms with Gasteiger partial charge in [0.25, 0.3) is 5.91 Å². The summed E-state index contributed by atoms with van der Waals surface area (Å²) in [4.78, 5) is 30.8. The number of carbonyl (C=O) groups is 2. The van der Waals surface area contributed by atoms with E-state index < -0.39 is 17.6 Å². The molecule has 110 valence electrons. The van der Waals surface area contributed by atoms with Gasteiger partial charge in [-0.15, -0.1) is 0 Å². The Kier molecular flexibility index (Phi) is 3.65. The molecule has 3 rings (SSSR count). The molecule has 0 saturated carbocycles. The van der Waals surface area contributed by atoms with Crippen LogP contribution in [0.4, 0.5) is 5.69 Å². The third-order valence-corrected chi connectivity index (χ3v) is 3.59. The number of hydrogen-bond acceptors (Lipinski definition) is 7. The van der Waals surface area contributed by atoms with Gasteiger partial charge in [0.15, 0.2) is 11.4 Å². The fourth-order valence-corrected chi connectivity index (χ4v) is 2.52. The van der Waals surface area contributed by atoms with E-state index >= 15 is 0 Å². The molecule has 3 aromatic rings. The topological polar surface area (TPSA) is 118 Å². The normalized spacial score (nSPS) is 10.6. The third-order valence-electron chi connectivity index (χ3n) is 2.73. The van der Waals surface area contributed by atoms with Gasteiger partial charge >= 0.3 is 5.97 Å². The molecule has 2 N–H and O–H groups in total. The van der Waals surface area contributed by atoms with Crippen molar-refractivity contribution in [2.45, 2.75) is 0 Å². The average Bonchev–Trinajstić information content (AvgIpc) is 2.98. The van der Waals surface area contributed by atoms with Gasteiger partial charge in [-0.05, 0) is 12.1 Å². The molecule has 2 heterocycles. The summed E-state index contributed by atoms with van der Waals surface area (Å²) in [7, 11) is 0. The Bertz CT molecular complexity index is 897. The number of carboxylic acids is 1. The Hall–Kier alpha value is -2.65. The Morgan fingerprint density at radius 2 is 1.86 bits per heavy atom. The van der Waals surface area contributed by atoms with Crippen molar-refractivity contribution in [3.05, 3.63) is 40.9 Å². The first kappa shape index (κ1) is 14.3. The maximum Gasteiger partial charge on any atom is 0.356 e. The molecule has 2 aromatic heterocycles. The van der Waals surface area contributed by atoms with E-state index in [9.17, 15) is 9.59 Å². The Morgan fingerprint density at radius 1 is 1.14 bits per heavy atom. The van der Waals surface area contributed by atoms with E-state index in [1.165, 1.54) is 12.4 Å². The zero-order chi connectivity index (χ0) is 15.7. The predicted octanol–water partition coefficient (Wildman–Crippen LogP) is 2.09. The highest BCUT2D eigenvalue weighted by atomic mass is 35.5. The first-order chi connectivity index (χ1) is 10.6. The fourth-order valence-electron chi connectivity index (χ4n) is 1.78. The molecule has 0 radical (unpaired) electrons. The summed E-state index contributed by atoms with van der Waals surface area (Å²) in [5.41, 5.74) is 0.486. The van der Waals surface area contributed by atoms with Gasteiger partial charge < -0.3 is 10.4 Å². The third kappa shape index (κ3) is 2.47. The van der Waals surface area contributed by atoms with Crippen molar-refractivity contribution in [3.8, 4) is 0 Å². The van der Waals surface area contributed by atoms with Gasteiger partial charge in [-0.2, -0.15) is 8.75 Å². The van der Waals surface area contributed by atoms with E-state index in [4.69, 9.17) is 16.7 Å². The van der Waals surface area contributed by atoms with Crippen LogP contribution >= 0.6 is 23.3 Å². The molecule has 0 fully saturated rings. The van der Waals surface area contributed by atoms with Gasteiger partial charge in [0.1, 0.15) is 11.0 Å². The van der Waals surface area contributed by atoms with E-state index in [0.717, 1.165) is 11.7 Å². The van der Waals surface area contributed by atoms with Crippen LogP contribution in [0.5, 0.6) is 0 Å². The minimum absolute atomic E-state index is 0.250. The second kappa shape index (κ2) is 5.62. The van der Waals surface area contributed by atoms with Crippen LogP contribution in [-0.4, -0.2) is 35.7 Å². The van der Waals surface area contributed by atoms with Crippen LogP contribution in [0.2, 0.25) is 5.02 Å². The van der Waals surface area contributed by atoms with Crippen molar-refractivity contribution in [2.75, 3.05) is 5.32 Å². The maximum absolute atomic E-state index is 12.3. The Morgan fingerprint density at radius 3 is 2.59 bits per heavy atom. The smallest absolute Gasteiger partial charge is 0.356 e. The monoisotopic (exact) mass is 335 g/mol. The molecule has 1 amide bonds. The molecule has 0 bridgehead atoms. The number of aromatic carboxylic acids is 1. The van der Waals surface area contributed by atoms with Crippen LogP contribution in [0.1, 0.15) is 21.0 Å². The summed E-state index contributed by atoms with van der Waals surface area (Å²) < 4.78 is 8.11. The van der Waals surface area contributed by atoms with E-state index in [0.29, 0.717) is 11.0 Å². The van der Waals surface area contributed by atoms with Gasteiger partial charge in [0.2, 0.25) is 0 Å². The molecule has 0 aliphatic rings. The number of hydrogen-bond donors (Lipinski definition) is 2. The second-order valence-corrected chi connectivity index (χ2v) is 5.00. The largest absolute Gasteiger partial charge is 0.476 e. The second-order valence-electron chi connectivity index (χ2n) is 4.07. The first-order valence-corrected chi connectivity index (χ1v) is 6.95. The molecule has 0 aliphatic heterocycles. The van der Waals surface area contributed by atoms with Crippen LogP contribution in [0.3, 0.4) is 0 Å². The summed E-state index contributed by atoms with van der Waals surface area (Å²) >= 11 is 7.04. The van der Waals surface area contributed by atoms with Gasteiger partial charge in [0, 0.05) is 12.4 Å². The van der Waals surface area contributed by atoms with Crippen LogP contribution < -0.4 is 5.32 Å². The lowest BCUT2D eigenvalue weighted by Gasteiger charge is -2.08. The van der Waals surface area contributed by atoms with Crippen LogP contribution in [0, 0.1) is 0 Å². The van der Waals surface area contributed by atoms with E-state index in [-0.39, 0.29) is 16.4 Å². The van der Waals surface area contributed by atoms with Crippen molar-refractivity contribution in [1.82, 2.24) is 18.7 Å². The highest BCUT2D eigenvalue weighted by molar-refractivity contribution is 7.00. The Labute approximate surface area is 132 Å². The fraction of sp³-hybridized carbons (Fsp3) is 0. The summed E-state index contributed by atoms with van der Waals surface area (Å²) in [6.45, 7) is 0. The molecule has 0 atom stereocenters. The number of rotatable bonds is 3. The van der Waals surface area contributed by atoms with Crippen molar-refractivity contribution in [1.29, 1.82) is 0 Å². The molecule has 0 saturated heterocycles. The zero-order valence-corrected chi connectivity index (χ0v) is 12.2. The van der Waals surface area contributed by atoms with Gasteiger partial charge in [-0.3, -0.25) is 4.79 Å². The first-order valence-electron chi connectivity index (χ1n) is 5.84. The molecule has 1 aromatic carbocycles. The SMILES string of the molecule is O=C(O)c1nccnc1C(=O)Nc1c(Cl)ccc2nsnc12. The average molecular weight is 336 g/mol. The molecule has 0 unspecified atom stereocenters. The van der Waals surface area contributed by atoms with Crippen molar-refractivity contribution < 1.29 is 14.7 Å². The van der Waals surface area contributed by atoms with E-state index in [1.54, 1.807) is 12.1 Å². The summed E-state index contributed by atoms with van der Waals surface area (Å²) in [5.74, 6) is -2.09. The number of nitrogens with zero attached hydrogens (tertiary/aromatic N) is 4. The number of nitrogens with one attached hydrogen (secondary N) is 1. The lowest BCUT2D eigenvalue weighted by molar-refractivity contribution is 0.0685. The molecule has 0 spiro atoms. The van der Waals surface area contributed by atoms with Crippen LogP contribution in [-0.2, 0) is 0 Å². The Balaban J connectivity index is 2.02. The standard InChI is InChI=1S/C12H6ClN5O3S/c13-5-1-2-6-8(18-22-17-6)7(5)16-11(19)9-10(12(20)21)15-4-3-14-9/h1-4H,(H,16,19)(H,20,21). The van der Waals surface area contributed by atoms with Crippen molar-refractivity contribution in [2.24, 2.45) is 0 Å².